The fraction of sp³-hybridized carbons (Fsp3) is 0.267. The van der Waals surface area contributed by atoms with Crippen molar-refractivity contribution >= 4 is 12.1 Å². The molecule has 0 spiro atoms. The number of halogens is 3. The van der Waals surface area contributed by atoms with Gasteiger partial charge in [0, 0.05) is 24.4 Å². The summed E-state index contributed by atoms with van der Waals surface area (Å²) in [6.07, 6.45) is -2.97. The van der Waals surface area contributed by atoms with Crippen LogP contribution in [0.15, 0.2) is 17.1 Å². The molecule has 5 nitrogen and oxygen atoms in total. The number of benzene rings is 1. The standard InChI is InChI=1S/C15H13F3N4O/c1-7-12(13(14(19)23)22(2)21-7)10-4-9(15(16,17)18)3-8-5-20-6-11(8)10/h3-4,6H,5H2,1-2H3,(H2,19,23). The van der Waals surface area contributed by atoms with Crippen LogP contribution in [0.4, 0.5) is 13.2 Å². The first-order chi connectivity index (χ1) is 10.7. The van der Waals surface area contributed by atoms with Crippen molar-refractivity contribution in [1.29, 1.82) is 0 Å². The highest BCUT2D eigenvalue weighted by Crippen LogP contribution is 2.39. The van der Waals surface area contributed by atoms with E-state index in [1.54, 1.807) is 6.92 Å². The Hall–Kier alpha value is -2.64. The molecule has 2 aromatic rings. The second-order valence-electron chi connectivity index (χ2n) is 5.36. The molecule has 0 saturated heterocycles. The van der Waals surface area contributed by atoms with Crippen molar-refractivity contribution in [1.82, 2.24) is 9.78 Å². The largest absolute Gasteiger partial charge is 0.416 e. The molecule has 1 aromatic carbocycles. The van der Waals surface area contributed by atoms with Crippen molar-refractivity contribution in [2.75, 3.05) is 0 Å². The molecule has 1 aromatic heterocycles. The van der Waals surface area contributed by atoms with Crippen LogP contribution in [0.25, 0.3) is 11.1 Å². The average Bonchev–Trinajstić information content (AvgIpc) is 3.00. The summed E-state index contributed by atoms with van der Waals surface area (Å²) in [4.78, 5) is 15.8. The maximum Gasteiger partial charge on any atom is 0.416 e. The fourth-order valence-corrected chi connectivity index (χ4v) is 2.87. The lowest BCUT2D eigenvalue weighted by Gasteiger charge is -2.14. The molecule has 0 bridgehead atoms. The predicted octanol–water partition coefficient (Wildman–Crippen LogP) is 2.45. The Labute approximate surface area is 129 Å². The van der Waals surface area contributed by atoms with Gasteiger partial charge in [0.1, 0.15) is 5.69 Å². The van der Waals surface area contributed by atoms with Crippen molar-refractivity contribution in [3.63, 3.8) is 0 Å². The molecule has 120 valence electrons. The molecule has 0 unspecified atom stereocenters. The Bertz CT molecular complexity index is 849. The fourth-order valence-electron chi connectivity index (χ4n) is 2.87. The number of hydrogen-bond acceptors (Lipinski definition) is 3. The minimum absolute atomic E-state index is 0.0734. The third-order valence-corrected chi connectivity index (χ3v) is 3.80. The number of nitrogens with zero attached hydrogens (tertiary/aromatic N) is 3. The summed E-state index contributed by atoms with van der Waals surface area (Å²) in [5.41, 5.74) is 6.73. The molecule has 1 aliphatic rings. The van der Waals surface area contributed by atoms with Gasteiger partial charge in [-0.25, -0.2) is 0 Å². The van der Waals surface area contributed by atoms with Gasteiger partial charge in [-0.15, -0.1) is 0 Å². The molecule has 0 fully saturated rings. The highest BCUT2D eigenvalue weighted by molar-refractivity contribution is 6.03. The maximum absolute atomic E-state index is 13.2. The summed E-state index contributed by atoms with van der Waals surface area (Å²) in [5, 5.41) is 4.12. The van der Waals surface area contributed by atoms with E-state index in [0.29, 0.717) is 22.4 Å². The average molecular weight is 322 g/mol. The van der Waals surface area contributed by atoms with E-state index in [-0.39, 0.29) is 17.8 Å². The van der Waals surface area contributed by atoms with Gasteiger partial charge in [0.15, 0.2) is 0 Å². The Morgan fingerprint density at radius 3 is 2.65 bits per heavy atom. The number of amides is 1. The quantitative estimate of drug-likeness (QED) is 0.922. The second-order valence-corrected chi connectivity index (χ2v) is 5.36. The lowest BCUT2D eigenvalue weighted by atomic mass is 9.92. The van der Waals surface area contributed by atoms with Crippen molar-refractivity contribution in [2.24, 2.45) is 17.8 Å². The molecule has 1 amide bonds. The molecule has 0 aliphatic carbocycles. The first-order valence-corrected chi connectivity index (χ1v) is 6.78. The molecule has 23 heavy (non-hydrogen) atoms. The van der Waals surface area contributed by atoms with E-state index in [0.717, 1.165) is 12.1 Å². The number of alkyl halides is 3. The zero-order chi connectivity index (χ0) is 16.9. The van der Waals surface area contributed by atoms with Crippen LogP contribution in [0.1, 0.15) is 32.9 Å². The topological polar surface area (TPSA) is 73.3 Å². The van der Waals surface area contributed by atoms with Crippen LogP contribution in [-0.2, 0) is 19.8 Å². The third kappa shape index (κ3) is 2.39. The Balaban J connectivity index is 2.35. The van der Waals surface area contributed by atoms with E-state index in [4.69, 9.17) is 5.73 Å². The summed E-state index contributed by atoms with van der Waals surface area (Å²) < 4.78 is 40.8. The van der Waals surface area contributed by atoms with Gasteiger partial charge in [-0.2, -0.15) is 18.3 Å². The number of aryl methyl sites for hydroxylation is 2. The number of carbonyl (C=O) groups is 1. The molecular weight excluding hydrogens is 309 g/mol. The van der Waals surface area contributed by atoms with Crippen LogP contribution < -0.4 is 5.73 Å². The SMILES string of the molecule is Cc1nn(C)c(C(N)=O)c1-c1cc(C(F)(F)F)cc2c1C=NC2. The summed E-state index contributed by atoms with van der Waals surface area (Å²) in [5.74, 6) is -0.746. The van der Waals surface area contributed by atoms with E-state index in [1.165, 1.54) is 17.9 Å². The van der Waals surface area contributed by atoms with Crippen LogP contribution >= 0.6 is 0 Å². The van der Waals surface area contributed by atoms with Gasteiger partial charge in [0.05, 0.1) is 17.8 Å². The van der Waals surface area contributed by atoms with Crippen molar-refractivity contribution in [3.8, 4) is 11.1 Å². The van der Waals surface area contributed by atoms with Crippen molar-refractivity contribution in [3.05, 3.63) is 40.2 Å². The van der Waals surface area contributed by atoms with Gasteiger partial charge in [-0.05, 0) is 30.2 Å². The van der Waals surface area contributed by atoms with Crippen LogP contribution in [-0.4, -0.2) is 21.9 Å². The first-order valence-electron chi connectivity index (χ1n) is 6.78. The normalized spacial score (nSPS) is 13.4. The van der Waals surface area contributed by atoms with E-state index >= 15 is 0 Å². The van der Waals surface area contributed by atoms with Crippen LogP contribution in [0.5, 0.6) is 0 Å². The number of fused-ring (bicyclic) bond motifs is 1. The molecule has 0 atom stereocenters. The van der Waals surface area contributed by atoms with Gasteiger partial charge in [-0.3, -0.25) is 14.5 Å². The lowest BCUT2D eigenvalue weighted by molar-refractivity contribution is -0.137. The van der Waals surface area contributed by atoms with Crippen molar-refractivity contribution in [2.45, 2.75) is 19.6 Å². The van der Waals surface area contributed by atoms with Gasteiger partial charge >= 0.3 is 6.18 Å². The van der Waals surface area contributed by atoms with Crippen molar-refractivity contribution < 1.29 is 18.0 Å². The minimum Gasteiger partial charge on any atom is -0.364 e. The first kappa shape index (κ1) is 15.3. The van der Waals surface area contributed by atoms with Gasteiger partial charge in [0.2, 0.25) is 0 Å². The summed E-state index contributed by atoms with van der Waals surface area (Å²) >= 11 is 0. The number of primary amides is 1. The number of aliphatic imine (C=N–C) groups is 1. The van der Waals surface area contributed by atoms with Crippen LogP contribution in [0.2, 0.25) is 0 Å². The molecule has 1 aliphatic heterocycles. The lowest BCUT2D eigenvalue weighted by Crippen LogP contribution is -2.17. The third-order valence-electron chi connectivity index (χ3n) is 3.80. The number of aromatic nitrogens is 2. The Morgan fingerprint density at radius 2 is 2.04 bits per heavy atom. The van der Waals surface area contributed by atoms with E-state index in [9.17, 15) is 18.0 Å². The number of carbonyl (C=O) groups excluding carboxylic acids is 1. The summed E-state index contributed by atoms with van der Waals surface area (Å²) in [7, 11) is 1.53. The summed E-state index contributed by atoms with van der Waals surface area (Å²) in [6.45, 7) is 1.80. The highest BCUT2D eigenvalue weighted by Gasteiger charge is 2.34. The molecule has 2 N–H and O–H groups in total. The smallest absolute Gasteiger partial charge is 0.364 e. The van der Waals surface area contributed by atoms with E-state index < -0.39 is 17.6 Å². The Morgan fingerprint density at radius 1 is 1.35 bits per heavy atom. The molecule has 2 heterocycles. The summed E-state index contributed by atoms with van der Waals surface area (Å²) in [6, 6.07) is 2.11. The molecule has 3 rings (SSSR count). The highest BCUT2D eigenvalue weighted by atomic mass is 19.4. The molecular formula is C15H13F3N4O. The maximum atomic E-state index is 13.2. The van der Waals surface area contributed by atoms with Gasteiger partial charge < -0.3 is 5.73 Å². The minimum atomic E-state index is -4.49. The zero-order valence-electron chi connectivity index (χ0n) is 12.4. The number of hydrogen-bond donors (Lipinski definition) is 1. The van der Waals surface area contributed by atoms with Gasteiger partial charge in [0.25, 0.3) is 5.91 Å². The van der Waals surface area contributed by atoms with E-state index in [2.05, 4.69) is 10.1 Å². The molecule has 8 heteroatoms. The monoisotopic (exact) mass is 322 g/mol. The molecule has 0 radical (unpaired) electrons. The van der Waals surface area contributed by atoms with E-state index in [1.807, 2.05) is 0 Å². The molecule has 0 saturated carbocycles. The van der Waals surface area contributed by atoms with Crippen LogP contribution in [0.3, 0.4) is 0 Å². The second kappa shape index (κ2) is 4.94. The predicted molar refractivity (Wildman–Crippen MR) is 78.2 cm³/mol. The Kier molecular flexibility index (Phi) is 3.28. The number of nitrogens with two attached hydrogens (primary N) is 1. The van der Waals surface area contributed by atoms with Crippen LogP contribution in [0, 0.1) is 6.92 Å². The van der Waals surface area contributed by atoms with Gasteiger partial charge in [-0.1, -0.05) is 0 Å². The number of rotatable bonds is 2. The zero-order valence-corrected chi connectivity index (χ0v) is 12.4.